The Bertz CT molecular complexity index is 412. The molecule has 2 aliphatic carbocycles. The van der Waals surface area contributed by atoms with E-state index in [1.807, 2.05) is 0 Å². The Labute approximate surface area is 111 Å². The first-order valence-electron chi connectivity index (χ1n) is 6.10. The van der Waals surface area contributed by atoms with Crippen molar-refractivity contribution in [2.24, 2.45) is 0 Å². The molecule has 5 heteroatoms. The zero-order chi connectivity index (χ0) is 13.9. The van der Waals surface area contributed by atoms with Crippen LogP contribution in [0.15, 0.2) is 47.6 Å². The van der Waals surface area contributed by atoms with Crippen molar-refractivity contribution in [2.45, 2.75) is 24.4 Å². The van der Waals surface area contributed by atoms with Crippen molar-refractivity contribution < 1.29 is 25.2 Å². The van der Waals surface area contributed by atoms with Crippen LogP contribution in [0.1, 0.15) is 12.8 Å². The van der Waals surface area contributed by atoms with E-state index in [1.54, 1.807) is 24.3 Å². The highest BCUT2D eigenvalue weighted by Crippen LogP contribution is 2.20. The van der Waals surface area contributed by atoms with Crippen molar-refractivity contribution in [2.75, 3.05) is 13.2 Å². The molecule has 0 saturated heterocycles. The Balaban J connectivity index is 1.74. The summed E-state index contributed by atoms with van der Waals surface area (Å²) in [7, 11) is 0. The highest BCUT2D eigenvalue weighted by atomic mass is 16.5. The van der Waals surface area contributed by atoms with Gasteiger partial charge in [-0.25, -0.2) is 0 Å². The molecular formula is C14H18O5. The molecule has 0 aromatic carbocycles. The van der Waals surface area contributed by atoms with Gasteiger partial charge in [0.25, 0.3) is 0 Å². The predicted molar refractivity (Wildman–Crippen MR) is 68.8 cm³/mol. The molecule has 0 amide bonds. The van der Waals surface area contributed by atoms with Crippen LogP contribution in [0.3, 0.4) is 0 Å². The van der Waals surface area contributed by atoms with Crippen molar-refractivity contribution in [3.8, 4) is 0 Å². The summed E-state index contributed by atoms with van der Waals surface area (Å²) in [4.78, 5) is 0. The molecule has 0 radical (unpaired) electrons. The van der Waals surface area contributed by atoms with Crippen LogP contribution in [0.2, 0.25) is 0 Å². The minimum atomic E-state index is -1.75. The zero-order valence-corrected chi connectivity index (χ0v) is 10.5. The van der Waals surface area contributed by atoms with E-state index < -0.39 is 11.6 Å². The number of aliphatic hydroxyl groups is 4. The number of ether oxygens (including phenoxy) is 1. The molecule has 2 aliphatic rings. The molecule has 0 aromatic rings. The molecule has 0 spiro atoms. The second-order valence-corrected chi connectivity index (χ2v) is 4.88. The molecule has 0 fully saturated rings. The largest absolute Gasteiger partial charge is 0.372 e. The van der Waals surface area contributed by atoms with Crippen LogP contribution >= 0.6 is 0 Å². The van der Waals surface area contributed by atoms with Gasteiger partial charge in [-0.2, -0.15) is 0 Å². The third kappa shape index (κ3) is 4.41. The number of hydrogen-bond donors (Lipinski definition) is 4. The van der Waals surface area contributed by atoms with Crippen molar-refractivity contribution in [1.82, 2.24) is 0 Å². The molecule has 0 saturated carbocycles. The molecule has 2 rings (SSSR count). The minimum Gasteiger partial charge on any atom is -0.372 e. The van der Waals surface area contributed by atoms with Crippen LogP contribution in [0.4, 0.5) is 0 Å². The average Bonchev–Trinajstić information content (AvgIpc) is 2.33. The van der Waals surface area contributed by atoms with Gasteiger partial charge in [0.05, 0.1) is 13.2 Å². The Kier molecular flexibility index (Phi) is 4.03. The van der Waals surface area contributed by atoms with E-state index in [4.69, 9.17) is 4.74 Å². The zero-order valence-electron chi connectivity index (χ0n) is 10.5. The van der Waals surface area contributed by atoms with Gasteiger partial charge in [-0.15, -0.1) is 0 Å². The van der Waals surface area contributed by atoms with E-state index in [2.05, 4.69) is 0 Å². The molecule has 19 heavy (non-hydrogen) atoms. The standard InChI is InChI=1S/C14H18O5/c15-13(16)5-1-11(2-6-13)9-19-10-12-3-7-14(17,18)8-4-12/h1-5,7,15-18H,6,8-10H2. The summed E-state index contributed by atoms with van der Waals surface area (Å²) in [5, 5.41) is 37.2. The van der Waals surface area contributed by atoms with Crippen LogP contribution in [-0.4, -0.2) is 45.2 Å². The molecule has 5 nitrogen and oxygen atoms in total. The lowest BCUT2D eigenvalue weighted by Crippen LogP contribution is -2.26. The average molecular weight is 266 g/mol. The van der Waals surface area contributed by atoms with E-state index >= 15 is 0 Å². The maximum atomic E-state index is 9.29. The summed E-state index contributed by atoms with van der Waals surface area (Å²) in [6.45, 7) is 0.752. The van der Waals surface area contributed by atoms with Crippen molar-refractivity contribution in [3.63, 3.8) is 0 Å². The lowest BCUT2D eigenvalue weighted by molar-refractivity contribution is -0.116. The Morgan fingerprint density at radius 1 is 0.842 bits per heavy atom. The molecular weight excluding hydrogens is 248 g/mol. The van der Waals surface area contributed by atoms with E-state index in [0.717, 1.165) is 11.1 Å². The third-order valence-corrected chi connectivity index (χ3v) is 3.00. The molecule has 0 heterocycles. The van der Waals surface area contributed by atoms with E-state index in [0.29, 0.717) is 13.2 Å². The third-order valence-electron chi connectivity index (χ3n) is 3.00. The molecule has 0 atom stereocenters. The highest BCUT2D eigenvalue weighted by Gasteiger charge is 2.21. The summed E-state index contributed by atoms with van der Waals surface area (Å²) < 4.78 is 5.48. The quantitative estimate of drug-likeness (QED) is 0.543. The maximum absolute atomic E-state index is 9.29. The fourth-order valence-electron chi connectivity index (χ4n) is 1.82. The van der Waals surface area contributed by atoms with Gasteiger partial charge < -0.3 is 25.2 Å². The van der Waals surface area contributed by atoms with Crippen LogP contribution < -0.4 is 0 Å². The molecule has 0 bridgehead atoms. The summed E-state index contributed by atoms with van der Waals surface area (Å²) in [6, 6.07) is 0. The second-order valence-electron chi connectivity index (χ2n) is 4.88. The first kappa shape index (κ1) is 14.2. The molecule has 0 aliphatic heterocycles. The Morgan fingerprint density at radius 3 is 1.58 bits per heavy atom. The summed E-state index contributed by atoms with van der Waals surface area (Å²) >= 11 is 0. The van der Waals surface area contributed by atoms with Crippen molar-refractivity contribution in [3.05, 3.63) is 47.6 Å². The number of rotatable bonds is 4. The van der Waals surface area contributed by atoms with Crippen molar-refractivity contribution >= 4 is 0 Å². The fraction of sp³-hybridized carbons (Fsp3) is 0.429. The summed E-state index contributed by atoms with van der Waals surface area (Å²) in [5.41, 5.74) is 1.77. The van der Waals surface area contributed by atoms with Crippen LogP contribution in [0.5, 0.6) is 0 Å². The van der Waals surface area contributed by atoms with Gasteiger partial charge in [0, 0.05) is 12.8 Å². The normalized spacial score (nSPS) is 24.0. The van der Waals surface area contributed by atoms with Gasteiger partial charge in [-0.1, -0.05) is 24.3 Å². The lowest BCUT2D eigenvalue weighted by Gasteiger charge is -2.21. The van der Waals surface area contributed by atoms with E-state index in [1.165, 1.54) is 12.2 Å². The minimum absolute atomic E-state index is 0.155. The van der Waals surface area contributed by atoms with Crippen LogP contribution in [0.25, 0.3) is 0 Å². The number of hydrogen-bond acceptors (Lipinski definition) is 5. The monoisotopic (exact) mass is 266 g/mol. The van der Waals surface area contributed by atoms with Gasteiger partial charge in [0.1, 0.15) is 0 Å². The SMILES string of the molecule is OC1(O)C=CC(COCC2=CCC(O)(O)C=C2)=CC1. The molecule has 0 unspecified atom stereocenters. The second kappa shape index (κ2) is 5.40. The topological polar surface area (TPSA) is 90.2 Å². The summed E-state index contributed by atoms with van der Waals surface area (Å²) in [6.07, 6.45) is 9.66. The first-order chi connectivity index (χ1) is 8.86. The van der Waals surface area contributed by atoms with Gasteiger partial charge in [0.2, 0.25) is 0 Å². The van der Waals surface area contributed by atoms with Gasteiger partial charge >= 0.3 is 0 Å². The molecule has 104 valence electrons. The smallest absolute Gasteiger partial charge is 0.186 e. The molecule has 0 aromatic heterocycles. The fourth-order valence-corrected chi connectivity index (χ4v) is 1.82. The van der Waals surface area contributed by atoms with Crippen LogP contribution in [0, 0.1) is 0 Å². The van der Waals surface area contributed by atoms with Crippen molar-refractivity contribution in [1.29, 1.82) is 0 Å². The van der Waals surface area contributed by atoms with Gasteiger partial charge in [-0.05, 0) is 23.3 Å². The van der Waals surface area contributed by atoms with Crippen LogP contribution in [-0.2, 0) is 4.74 Å². The summed E-state index contributed by atoms with van der Waals surface area (Å²) in [5.74, 6) is -3.49. The lowest BCUT2D eigenvalue weighted by atomic mass is 10.0. The van der Waals surface area contributed by atoms with Gasteiger partial charge in [-0.3, -0.25) is 0 Å². The maximum Gasteiger partial charge on any atom is 0.186 e. The predicted octanol–water partition coefficient (Wildman–Crippen LogP) is 0.137. The molecule has 4 N–H and O–H groups in total. The first-order valence-corrected chi connectivity index (χ1v) is 6.10. The van der Waals surface area contributed by atoms with Gasteiger partial charge in [0.15, 0.2) is 11.6 Å². The van der Waals surface area contributed by atoms with E-state index in [-0.39, 0.29) is 12.8 Å². The Hall–Kier alpha value is -1.24. The van der Waals surface area contributed by atoms with E-state index in [9.17, 15) is 20.4 Å². The Morgan fingerprint density at radius 2 is 1.26 bits per heavy atom. The highest BCUT2D eigenvalue weighted by molar-refractivity contribution is 5.28.